The maximum absolute atomic E-state index is 9.03. The van der Waals surface area contributed by atoms with E-state index in [1.807, 2.05) is 6.07 Å². The van der Waals surface area contributed by atoms with Crippen molar-refractivity contribution in [3.63, 3.8) is 0 Å². The van der Waals surface area contributed by atoms with E-state index in [1.165, 1.54) is 0 Å². The molecule has 0 spiro atoms. The molecule has 1 aromatic carbocycles. The van der Waals surface area contributed by atoms with E-state index in [2.05, 4.69) is 18.3 Å². The first-order valence-electron chi connectivity index (χ1n) is 6.22. The van der Waals surface area contributed by atoms with E-state index >= 15 is 0 Å². The van der Waals surface area contributed by atoms with Gasteiger partial charge in [0.1, 0.15) is 11.8 Å². The standard InChI is InChI=1S/C14H20N2O2/c1-3-4-9-18-10-8-16-14-12(11-15)6-5-7-13(14)17-2/h5-7,16H,3-4,8-10H2,1-2H3. The molecule has 0 radical (unpaired) electrons. The molecule has 4 heteroatoms. The van der Waals surface area contributed by atoms with Crippen molar-refractivity contribution in [2.75, 3.05) is 32.2 Å². The fourth-order valence-corrected chi connectivity index (χ4v) is 1.57. The highest BCUT2D eigenvalue weighted by atomic mass is 16.5. The molecule has 18 heavy (non-hydrogen) atoms. The lowest BCUT2D eigenvalue weighted by Gasteiger charge is -2.12. The topological polar surface area (TPSA) is 54.3 Å². The number of nitrogens with zero attached hydrogens (tertiary/aromatic N) is 1. The lowest BCUT2D eigenvalue weighted by molar-refractivity contribution is 0.141. The molecule has 0 aromatic heterocycles. The maximum atomic E-state index is 9.03. The largest absolute Gasteiger partial charge is 0.495 e. The molecule has 1 aromatic rings. The van der Waals surface area contributed by atoms with Crippen LogP contribution in [0.15, 0.2) is 18.2 Å². The van der Waals surface area contributed by atoms with Crippen LogP contribution in [-0.2, 0) is 4.74 Å². The van der Waals surface area contributed by atoms with Gasteiger partial charge in [0.25, 0.3) is 0 Å². The zero-order chi connectivity index (χ0) is 13.2. The van der Waals surface area contributed by atoms with Gasteiger partial charge in [-0.1, -0.05) is 19.4 Å². The van der Waals surface area contributed by atoms with Crippen LogP contribution in [0.2, 0.25) is 0 Å². The van der Waals surface area contributed by atoms with Crippen molar-refractivity contribution in [1.29, 1.82) is 5.26 Å². The van der Waals surface area contributed by atoms with Crippen molar-refractivity contribution < 1.29 is 9.47 Å². The molecular formula is C14H20N2O2. The van der Waals surface area contributed by atoms with Crippen molar-refractivity contribution in [2.45, 2.75) is 19.8 Å². The fourth-order valence-electron chi connectivity index (χ4n) is 1.57. The smallest absolute Gasteiger partial charge is 0.143 e. The number of rotatable bonds is 8. The van der Waals surface area contributed by atoms with Crippen molar-refractivity contribution in [2.24, 2.45) is 0 Å². The van der Waals surface area contributed by atoms with Crippen LogP contribution in [0.25, 0.3) is 0 Å². The quantitative estimate of drug-likeness (QED) is 0.719. The molecule has 0 unspecified atom stereocenters. The van der Waals surface area contributed by atoms with Gasteiger partial charge in [0.05, 0.1) is 25.0 Å². The summed E-state index contributed by atoms with van der Waals surface area (Å²) in [7, 11) is 1.60. The molecular weight excluding hydrogens is 228 g/mol. The van der Waals surface area contributed by atoms with E-state index in [1.54, 1.807) is 19.2 Å². The summed E-state index contributed by atoms with van der Waals surface area (Å²) in [6.07, 6.45) is 2.22. The molecule has 0 heterocycles. The van der Waals surface area contributed by atoms with Crippen LogP contribution >= 0.6 is 0 Å². The van der Waals surface area contributed by atoms with Gasteiger partial charge in [-0.2, -0.15) is 5.26 Å². The average molecular weight is 248 g/mol. The molecule has 1 N–H and O–H groups in total. The molecule has 0 aliphatic carbocycles. The van der Waals surface area contributed by atoms with Crippen molar-refractivity contribution >= 4 is 5.69 Å². The number of unbranched alkanes of at least 4 members (excludes halogenated alkanes) is 1. The summed E-state index contributed by atoms with van der Waals surface area (Å²) in [5, 5.41) is 12.2. The highest BCUT2D eigenvalue weighted by molar-refractivity contribution is 5.66. The van der Waals surface area contributed by atoms with E-state index in [0.717, 1.165) is 25.1 Å². The van der Waals surface area contributed by atoms with Crippen molar-refractivity contribution in [3.8, 4) is 11.8 Å². The van der Waals surface area contributed by atoms with E-state index in [9.17, 15) is 0 Å². The molecule has 0 aliphatic rings. The first-order valence-corrected chi connectivity index (χ1v) is 6.22. The fraction of sp³-hybridized carbons (Fsp3) is 0.500. The SMILES string of the molecule is CCCCOCCNc1c(C#N)cccc1OC. The van der Waals surface area contributed by atoms with E-state index in [0.29, 0.717) is 24.5 Å². The summed E-state index contributed by atoms with van der Waals surface area (Å²) in [5.41, 5.74) is 1.32. The molecule has 0 saturated heterocycles. The summed E-state index contributed by atoms with van der Waals surface area (Å²) in [6, 6.07) is 7.56. The molecule has 0 saturated carbocycles. The zero-order valence-corrected chi connectivity index (χ0v) is 11.0. The summed E-state index contributed by atoms with van der Waals surface area (Å²) in [4.78, 5) is 0. The van der Waals surface area contributed by atoms with E-state index < -0.39 is 0 Å². The Morgan fingerprint density at radius 2 is 2.17 bits per heavy atom. The van der Waals surface area contributed by atoms with Gasteiger partial charge in [-0.05, 0) is 18.6 Å². The lowest BCUT2D eigenvalue weighted by atomic mass is 10.2. The van der Waals surface area contributed by atoms with E-state index in [4.69, 9.17) is 14.7 Å². The average Bonchev–Trinajstić information content (AvgIpc) is 2.42. The van der Waals surface area contributed by atoms with E-state index in [-0.39, 0.29) is 0 Å². The summed E-state index contributed by atoms with van der Waals surface area (Å²) in [5.74, 6) is 0.683. The first kappa shape index (κ1) is 14.3. The van der Waals surface area contributed by atoms with Crippen LogP contribution in [0.4, 0.5) is 5.69 Å². The highest BCUT2D eigenvalue weighted by Crippen LogP contribution is 2.27. The Balaban J connectivity index is 2.48. The molecule has 0 bridgehead atoms. The molecule has 4 nitrogen and oxygen atoms in total. The van der Waals surface area contributed by atoms with Gasteiger partial charge in [-0.15, -0.1) is 0 Å². The number of para-hydroxylation sites is 1. The van der Waals surface area contributed by atoms with Gasteiger partial charge < -0.3 is 14.8 Å². The van der Waals surface area contributed by atoms with Gasteiger partial charge in [0.15, 0.2) is 0 Å². The van der Waals surface area contributed by atoms with Gasteiger partial charge >= 0.3 is 0 Å². The summed E-state index contributed by atoms with van der Waals surface area (Å²) < 4.78 is 10.7. The van der Waals surface area contributed by atoms with Gasteiger partial charge in [-0.25, -0.2) is 0 Å². The number of nitriles is 1. The predicted molar refractivity (Wildman–Crippen MR) is 71.9 cm³/mol. The van der Waals surface area contributed by atoms with Crippen LogP contribution < -0.4 is 10.1 Å². The Morgan fingerprint density at radius 1 is 1.33 bits per heavy atom. The molecule has 1 rings (SSSR count). The number of nitrogens with one attached hydrogen (secondary N) is 1. The van der Waals surface area contributed by atoms with Crippen LogP contribution in [-0.4, -0.2) is 26.9 Å². The number of ether oxygens (including phenoxy) is 2. The number of hydrogen-bond acceptors (Lipinski definition) is 4. The molecule has 0 atom stereocenters. The maximum Gasteiger partial charge on any atom is 0.143 e. The second-order valence-electron chi connectivity index (χ2n) is 3.89. The van der Waals surface area contributed by atoms with Gasteiger partial charge in [-0.3, -0.25) is 0 Å². The van der Waals surface area contributed by atoms with Gasteiger partial charge in [0, 0.05) is 13.2 Å². The third-order valence-electron chi connectivity index (χ3n) is 2.56. The normalized spacial score (nSPS) is 9.83. The minimum absolute atomic E-state index is 0.586. The van der Waals surface area contributed by atoms with Crippen LogP contribution in [0.3, 0.4) is 0 Å². The Labute approximate surface area is 109 Å². The number of hydrogen-bond donors (Lipinski definition) is 1. The Kier molecular flexibility index (Phi) is 6.67. The Bertz CT molecular complexity index is 399. The highest BCUT2D eigenvalue weighted by Gasteiger charge is 2.07. The van der Waals surface area contributed by atoms with Crippen LogP contribution in [0.5, 0.6) is 5.75 Å². The number of benzene rings is 1. The Morgan fingerprint density at radius 3 is 2.83 bits per heavy atom. The van der Waals surface area contributed by atoms with Crippen molar-refractivity contribution in [1.82, 2.24) is 0 Å². The second kappa shape index (κ2) is 8.37. The van der Waals surface area contributed by atoms with Crippen molar-refractivity contribution in [3.05, 3.63) is 23.8 Å². The minimum Gasteiger partial charge on any atom is -0.495 e. The molecule has 0 aliphatic heterocycles. The molecule has 98 valence electrons. The van der Waals surface area contributed by atoms with Crippen LogP contribution in [0, 0.1) is 11.3 Å². The third-order valence-corrected chi connectivity index (χ3v) is 2.56. The number of anilines is 1. The van der Waals surface area contributed by atoms with Crippen LogP contribution in [0.1, 0.15) is 25.3 Å². The Hall–Kier alpha value is -1.73. The second-order valence-corrected chi connectivity index (χ2v) is 3.89. The molecule has 0 fully saturated rings. The zero-order valence-electron chi connectivity index (χ0n) is 11.0. The third kappa shape index (κ3) is 4.27. The first-order chi connectivity index (χ1) is 8.83. The predicted octanol–water partition coefficient (Wildman–Crippen LogP) is 2.80. The minimum atomic E-state index is 0.586. The van der Waals surface area contributed by atoms with Gasteiger partial charge in [0.2, 0.25) is 0 Å². The lowest BCUT2D eigenvalue weighted by Crippen LogP contribution is -2.11. The summed E-state index contributed by atoms with van der Waals surface area (Å²) in [6.45, 7) is 4.21. The monoisotopic (exact) mass is 248 g/mol. The molecule has 0 amide bonds. The number of methoxy groups -OCH3 is 1. The summed E-state index contributed by atoms with van der Waals surface area (Å²) >= 11 is 0.